The first-order valence-electron chi connectivity index (χ1n) is 26.2. The van der Waals surface area contributed by atoms with Crippen molar-refractivity contribution in [1.29, 1.82) is 0 Å². The number of carbonyl (C=O) groups is 3. The van der Waals surface area contributed by atoms with Gasteiger partial charge in [-0.05, 0) is 122 Å². The standard InChI is InChI=1S/C60H94O6/c1-4-7-10-13-16-19-22-25-28-30-32-35-38-41-44-47-50-53-59(62)65-56-57(55-64-58(61)52-49-46-43-40-37-34-27-24-21-18-15-12-9-6-3)66-60(63)54-51-48-45-42-39-36-33-31-29-26-23-20-17-14-11-8-5-2/h7-8,10-11,16-17,19-20,24-29,32-33,35-36,41-42,44-45,57H,4-6,9,12-15,18,21-23,30-31,34,37-40,43,46-56H2,1-3H3/b10-7+,11-8+,19-16+,20-17+,27-24+,28-25+,29-26+,35-32+,36-33+,44-41+,45-42+/t57-/m1/s1. The van der Waals surface area contributed by atoms with Crippen LogP contribution in [0.2, 0.25) is 0 Å². The van der Waals surface area contributed by atoms with Crippen molar-refractivity contribution >= 4 is 17.9 Å². The van der Waals surface area contributed by atoms with Crippen molar-refractivity contribution in [2.24, 2.45) is 0 Å². The SMILES string of the molecule is CC/C=C/C/C=C/C/C=C/C/C=C/C/C=C/CCCC(=O)OC[C@@H](COC(=O)CCCCCCC/C=C/CCCCCCC)OC(=O)CCC/C=C/C/C=C/C/C=C/C/C=C/C/C=C/CC. The minimum Gasteiger partial charge on any atom is -0.462 e. The molecule has 6 nitrogen and oxygen atoms in total. The number of rotatable bonds is 45. The second-order valence-corrected chi connectivity index (χ2v) is 16.7. The Labute approximate surface area is 405 Å². The molecule has 0 aromatic heterocycles. The van der Waals surface area contributed by atoms with E-state index in [0.717, 1.165) is 109 Å². The molecule has 0 fully saturated rings. The lowest BCUT2D eigenvalue weighted by Crippen LogP contribution is -2.30. The Morgan fingerprint density at radius 2 is 0.606 bits per heavy atom. The summed E-state index contributed by atoms with van der Waals surface area (Å²) < 4.78 is 16.7. The van der Waals surface area contributed by atoms with Gasteiger partial charge in [0.1, 0.15) is 13.2 Å². The summed E-state index contributed by atoms with van der Waals surface area (Å²) in [5.41, 5.74) is 0. The molecule has 0 aromatic carbocycles. The molecule has 0 unspecified atom stereocenters. The van der Waals surface area contributed by atoms with E-state index in [0.29, 0.717) is 19.3 Å². The molecule has 0 rings (SSSR count). The van der Waals surface area contributed by atoms with Gasteiger partial charge in [-0.1, -0.05) is 199 Å². The Morgan fingerprint density at radius 3 is 1.00 bits per heavy atom. The molecular weight excluding hydrogens is 817 g/mol. The van der Waals surface area contributed by atoms with Crippen molar-refractivity contribution in [2.75, 3.05) is 13.2 Å². The van der Waals surface area contributed by atoms with Crippen LogP contribution in [0.4, 0.5) is 0 Å². The largest absolute Gasteiger partial charge is 0.462 e. The Bertz CT molecular complexity index is 1460. The van der Waals surface area contributed by atoms with E-state index in [1.165, 1.54) is 44.9 Å². The van der Waals surface area contributed by atoms with Crippen molar-refractivity contribution in [3.05, 3.63) is 134 Å². The maximum atomic E-state index is 12.8. The van der Waals surface area contributed by atoms with Crippen molar-refractivity contribution in [2.45, 2.75) is 213 Å². The highest BCUT2D eigenvalue weighted by atomic mass is 16.6. The molecule has 1 atom stereocenters. The molecular formula is C60H94O6. The molecule has 0 aliphatic heterocycles. The molecule has 0 bridgehead atoms. The van der Waals surface area contributed by atoms with Crippen molar-refractivity contribution in [3.63, 3.8) is 0 Å². The highest BCUT2D eigenvalue weighted by Gasteiger charge is 2.19. The third kappa shape index (κ3) is 50.5. The molecule has 0 heterocycles. The minimum atomic E-state index is -0.838. The van der Waals surface area contributed by atoms with Crippen molar-refractivity contribution in [3.8, 4) is 0 Å². The monoisotopic (exact) mass is 911 g/mol. The summed E-state index contributed by atoms with van der Waals surface area (Å²) in [5, 5.41) is 0. The van der Waals surface area contributed by atoms with E-state index in [1.54, 1.807) is 0 Å². The molecule has 0 aliphatic rings. The van der Waals surface area contributed by atoms with E-state index in [-0.39, 0.29) is 44.0 Å². The van der Waals surface area contributed by atoms with Gasteiger partial charge >= 0.3 is 17.9 Å². The zero-order chi connectivity index (χ0) is 47.9. The van der Waals surface area contributed by atoms with Crippen LogP contribution in [-0.4, -0.2) is 37.2 Å². The van der Waals surface area contributed by atoms with Crippen LogP contribution in [0.15, 0.2) is 134 Å². The topological polar surface area (TPSA) is 78.9 Å². The number of hydrogen-bond acceptors (Lipinski definition) is 6. The summed E-state index contributed by atoms with van der Waals surface area (Å²) in [7, 11) is 0. The van der Waals surface area contributed by atoms with Crippen LogP contribution >= 0.6 is 0 Å². The quantitative estimate of drug-likeness (QED) is 0.0262. The number of carbonyl (C=O) groups excluding carboxylic acids is 3. The van der Waals surface area contributed by atoms with Gasteiger partial charge in [0, 0.05) is 19.3 Å². The van der Waals surface area contributed by atoms with Gasteiger partial charge in [-0.3, -0.25) is 14.4 Å². The smallest absolute Gasteiger partial charge is 0.306 e. The Balaban J connectivity index is 4.61. The van der Waals surface area contributed by atoms with Crippen LogP contribution < -0.4 is 0 Å². The van der Waals surface area contributed by atoms with E-state index in [2.05, 4.69) is 154 Å². The highest BCUT2D eigenvalue weighted by molar-refractivity contribution is 5.71. The number of allylic oxidation sites excluding steroid dienone is 22. The average molecular weight is 911 g/mol. The molecule has 0 amide bonds. The molecule has 370 valence electrons. The highest BCUT2D eigenvalue weighted by Crippen LogP contribution is 2.12. The summed E-state index contributed by atoms with van der Waals surface area (Å²) in [5.74, 6) is -1.06. The molecule has 66 heavy (non-hydrogen) atoms. The number of esters is 3. The molecule has 0 N–H and O–H groups in total. The van der Waals surface area contributed by atoms with Crippen LogP contribution in [-0.2, 0) is 28.6 Å². The summed E-state index contributed by atoms with van der Waals surface area (Å²) in [6.07, 6.45) is 74.4. The summed E-state index contributed by atoms with van der Waals surface area (Å²) in [4.78, 5) is 38.0. The van der Waals surface area contributed by atoms with Crippen LogP contribution in [0, 0.1) is 0 Å². The Morgan fingerprint density at radius 1 is 0.318 bits per heavy atom. The van der Waals surface area contributed by atoms with Gasteiger partial charge in [-0.2, -0.15) is 0 Å². The molecule has 0 aliphatic carbocycles. The van der Waals surface area contributed by atoms with Crippen LogP contribution in [0.25, 0.3) is 0 Å². The van der Waals surface area contributed by atoms with E-state index < -0.39 is 6.10 Å². The normalized spacial score (nSPS) is 13.2. The summed E-state index contributed by atoms with van der Waals surface area (Å²) >= 11 is 0. The molecule has 6 heteroatoms. The van der Waals surface area contributed by atoms with E-state index >= 15 is 0 Å². The first-order chi connectivity index (χ1) is 32.5. The lowest BCUT2D eigenvalue weighted by atomic mass is 10.1. The Hall–Kier alpha value is -4.45. The maximum absolute atomic E-state index is 12.8. The average Bonchev–Trinajstić information content (AvgIpc) is 3.31. The molecule has 0 aromatic rings. The van der Waals surface area contributed by atoms with Crippen LogP contribution in [0.1, 0.15) is 207 Å². The van der Waals surface area contributed by atoms with Gasteiger partial charge in [-0.15, -0.1) is 0 Å². The van der Waals surface area contributed by atoms with E-state index in [9.17, 15) is 14.4 Å². The molecule has 0 saturated carbocycles. The minimum absolute atomic E-state index is 0.127. The van der Waals surface area contributed by atoms with Gasteiger partial charge < -0.3 is 14.2 Å². The fourth-order valence-corrected chi connectivity index (χ4v) is 6.51. The molecule has 0 spiro atoms. The van der Waals surface area contributed by atoms with Gasteiger partial charge in [-0.25, -0.2) is 0 Å². The maximum Gasteiger partial charge on any atom is 0.306 e. The number of unbranched alkanes of at least 4 members (excludes halogenated alkanes) is 12. The predicted molar refractivity (Wildman–Crippen MR) is 283 cm³/mol. The first-order valence-corrected chi connectivity index (χ1v) is 26.2. The second-order valence-electron chi connectivity index (χ2n) is 16.7. The number of hydrogen-bond donors (Lipinski definition) is 0. The van der Waals surface area contributed by atoms with Gasteiger partial charge in [0.15, 0.2) is 6.10 Å². The third-order valence-electron chi connectivity index (χ3n) is 10.4. The zero-order valence-corrected chi connectivity index (χ0v) is 42.1. The van der Waals surface area contributed by atoms with Crippen molar-refractivity contribution < 1.29 is 28.6 Å². The lowest BCUT2D eigenvalue weighted by molar-refractivity contribution is -0.167. The van der Waals surface area contributed by atoms with Gasteiger partial charge in [0.25, 0.3) is 0 Å². The van der Waals surface area contributed by atoms with Crippen molar-refractivity contribution in [1.82, 2.24) is 0 Å². The third-order valence-corrected chi connectivity index (χ3v) is 10.4. The van der Waals surface area contributed by atoms with Gasteiger partial charge in [0.05, 0.1) is 0 Å². The molecule has 0 radical (unpaired) electrons. The summed E-state index contributed by atoms with van der Waals surface area (Å²) in [6, 6.07) is 0. The fourth-order valence-electron chi connectivity index (χ4n) is 6.51. The second kappa shape index (κ2) is 53.2. The van der Waals surface area contributed by atoms with Crippen LogP contribution in [0.5, 0.6) is 0 Å². The summed E-state index contributed by atoms with van der Waals surface area (Å²) in [6.45, 7) is 6.27. The number of ether oxygens (including phenoxy) is 3. The first kappa shape index (κ1) is 61.5. The predicted octanol–water partition coefficient (Wildman–Crippen LogP) is 17.5. The van der Waals surface area contributed by atoms with E-state index in [4.69, 9.17) is 14.2 Å². The lowest BCUT2D eigenvalue weighted by Gasteiger charge is -2.18. The molecule has 0 saturated heterocycles. The van der Waals surface area contributed by atoms with E-state index in [1.807, 2.05) is 0 Å². The van der Waals surface area contributed by atoms with Crippen LogP contribution in [0.3, 0.4) is 0 Å². The zero-order valence-electron chi connectivity index (χ0n) is 42.1. The fraction of sp³-hybridized carbons (Fsp3) is 0.583. The Kier molecular flexibility index (Phi) is 49.6. The van der Waals surface area contributed by atoms with Gasteiger partial charge in [0.2, 0.25) is 0 Å².